The highest BCUT2D eigenvalue weighted by Gasteiger charge is 2.46. The van der Waals surface area contributed by atoms with Gasteiger partial charge in [0, 0.05) is 29.9 Å². The summed E-state index contributed by atoms with van der Waals surface area (Å²) in [6.07, 6.45) is 5.84. The first kappa shape index (κ1) is 20.5. The average molecular weight is 439 g/mol. The van der Waals surface area contributed by atoms with E-state index in [0.717, 1.165) is 41.5 Å². The molecule has 1 saturated carbocycles. The largest absolute Gasteiger partial charge is 0.393 e. The summed E-state index contributed by atoms with van der Waals surface area (Å²) >= 11 is 1.13. The number of aromatic nitrogens is 2. The molecular weight excluding hydrogens is 409 g/mol. The van der Waals surface area contributed by atoms with Crippen molar-refractivity contribution in [3.05, 3.63) is 17.3 Å². The lowest BCUT2D eigenvalue weighted by Gasteiger charge is -2.54. The van der Waals surface area contributed by atoms with Gasteiger partial charge in [-0.05, 0) is 50.8 Å². The smallest absolute Gasteiger partial charge is 0.355 e. The van der Waals surface area contributed by atoms with E-state index in [1.165, 1.54) is 70.9 Å². The molecule has 2 saturated heterocycles. The third-order valence-corrected chi connectivity index (χ3v) is 8.29. The molecule has 0 unspecified atom stereocenters. The van der Waals surface area contributed by atoms with Crippen molar-refractivity contribution in [2.45, 2.75) is 57.5 Å². The molecule has 0 atom stereocenters. The summed E-state index contributed by atoms with van der Waals surface area (Å²) in [5, 5.41) is 0.770. The van der Waals surface area contributed by atoms with Crippen LogP contribution in [0.25, 0.3) is 10.2 Å². The van der Waals surface area contributed by atoms with Gasteiger partial charge in [0.05, 0.1) is 11.8 Å². The van der Waals surface area contributed by atoms with E-state index in [4.69, 9.17) is 0 Å². The van der Waals surface area contributed by atoms with Crippen LogP contribution in [0.3, 0.4) is 0 Å². The van der Waals surface area contributed by atoms with Crippen molar-refractivity contribution in [3.63, 3.8) is 0 Å². The third-order valence-electron chi connectivity index (χ3n) is 7.24. The molecule has 0 amide bonds. The van der Waals surface area contributed by atoms with Gasteiger partial charge in [0.25, 0.3) is 0 Å². The van der Waals surface area contributed by atoms with Crippen LogP contribution in [-0.2, 0) is 6.42 Å². The number of hydrogen-bond acceptors (Lipinski definition) is 5. The van der Waals surface area contributed by atoms with Gasteiger partial charge in [-0.2, -0.15) is 13.2 Å². The number of piperidine rings is 1. The van der Waals surface area contributed by atoms with E-state index in [-0.39, 0.29) is 0 Å². The van der Waals surface area contributed by atoms with Crippen LogP contribution in [0.4, 0.5) is 19.0 Å². The van der Waals surface area contributed by atoms with E-state index < -0.39 is 12.6 Å². The zero-order valence-corrected chi connectivity index (χ0v) is 18.1. The fourth-order valence-electron chi connectivity index (χ4n) is 5.60. The normalized spacial score (nSPS) is 23.2. The zero-order valence-electron chi connectivity index (χ0n) is 17.3. The second-order valence-corrected chi connectivity index (χ2v) is 10.7. The molecule has 4 nitrogen and oxygen atoms in total. The topological polar surface area (TPSA) is 32.3 Å². The van der Waals surface area contributed by atoms with Crippen LogP contribution < -0.4 is 4.90 Å². The summed E-state index contributed by atoms with van der Waals surface area (Å²) in [5.74, 6) is 1.70. The Labute approximate surface area is 179 Å². The average Bonchev–Trinajstić information content (AvgIpc) is 3.08. The van der Waals surface area contributed by atoms with E-state index in [1.54, 1.807) is 6.07 Å². The van der Waals surface area contributed by atoms with E-state index in [2.05, 4.69) is 19.8 Å². The fourth-order valence-corrected chi connectivity index (χ4v) is 6.62. The first-order chi connectivity index (χ1) is 14.4. The SMILES string of the molecule is FC(F)(F)Cc1cc2c(N3CC4(CCN(CC5CCCCC5)CC4)C3)ncnc2s1. The Bertz CT molecular complexity index is 874. The zero-order chi connectivity index (χ0) is 20.8. The highest BCUT2D eigenvalue weighted by Crippen LogP contribution is 2.44. The van der Waals surface area contributed by atoms with Crippen molar-refractivity contribution in [3.8, 4) is 0 Å². The molecule has 2 aromatic rings. The predicted octanol–water partition coefficient (Wildman–Crippen LogP) is 5.28. The molecule has 0 radical (unpaired) electrons. The summed E-state index contributed by atoms with van der Waals surface area (Å²) in [6.45, 7) is 5.54. The summed E-state index contributed by atoms with van der Waals surface area (Å²) in [6, 6.07) is 1.64. The van der Waals surface area contributed by atoms with Gasteiger partial charge in [-0.3, -0.25) is 0 Å². The number of likely N-dealkylation sites (tertiary alicyclic amines) is 1. The van der Waals surface area contributed by atoms with Gasteiger partial charge in [-0.15, -0.1) is 11.3 Å². The number of alkyl halides is 3. The first-order valence-corrected chi connectivity index (χ1v) is 12.0. The number of anilines is 1. The molecule has 3 fully saturated rings. The van der Waals surface area contributed by atoms with Crippen LogP contribution in [0.15, 0.2) is 12.4 Å². The molecule has 0 aromatic carbocycles. The van der Waals surface area contributed by atoms with Crippen LogP contribution in [0.1, 0.15) is 49.8 Å². The standard InChI is InChI=1S/C22H29F3N4S/c23-22(24,25)11-17-10-18-19(26-15-27-20(18)30-17)29-13-21(14-29)6-8-28(9-7-21)12-16-4-2-1-3-5-16/h10,15-16H,1-9,11-14H2. The maximum absolute atomic E-state index is 12.8. The summed E-state index contributed by atoms with van der Waals surface area (Å²) in [5.41, 5.74) is 0.352. The maximum atomic E-state index is 12.8. The minimum absolute atomic E-state index is 0.311. The number of nitrogens with zero attached hydrogens (tertiary/aromatic N) is 4. The van der Waals surface area contributed by atoms with Gasteiger partial charge in [-0.1, -0.05) is 19.3 Å². The molecule has 2 aliphatic heterocycles. The summed E-state index contributed by atoms with van der Waals surface area (Å²) < 4.78 is 38.3. The van der Waals surface area contributed by atoms with Gasteiger partial charge in [0.1, 0.15) is 17.0 Å². The maximum Gasteiger partial charge on any atom is 0.393 e. The van der Waals surface area contributed by atoms with Gasteiger partial charge in [0.2, 0.25) is 0 Å². The Balaban J connectivity index is 1.20. The van der Waals surface area contributed by atoms with E-state index in [0.29, 0.717) is 15.1 Å². The van der Waals surface area contributed by atoms with Crippen LogP contribution in [0.5, 0.6) is 0 Å². The van der Waals surface area contributed by atoms with Gasteiger partial charge >= 0.3 is 6.18 Å². The Hall–Kier alpha value is -1.41. The van der Waals surface area contributed by atoms with Crippen molar-refractivity contribution in [2.75, 3.05) is 37.6 Å². The minimum Gasteiger partial charge on any atom is -0.355 e. The lowest BCUT2D eigenvalue weighted by atomic mass is 9.71. The van der Waals surface area contributed by atoms with Crippen molar-refractivity contribution in [1.29, 1.82) is 0 Å². The molecular formula is C22H29F3N4S. The minimum atomic E-state index is -4.19. The second-order valence-electron chi connectivity index (χ2n) is 9.58. The number of thiophene rings is 1. The summed E-state index contributed by atoms with van der Waals surface area (Å²) in [7, 11) is 0. The molecule has 4 heterocycles. The van der Waals surface area contributed by atoms with E-state index >= 15 is 0 Å². The molecule has 1 spiro atoms. The lowest BCUT2D eigenvalue weighted by molar-refractivity contribution is -0.126. The highest BCUT2D eigenvalue weighted by atomic mass is 32.1. The Morgan fingerprint density at radius 3 is 2.50 bits per heavy atom. The molecule has 164 valence electrons. The quantitative estimate of drug-likeness (QED) is 0.650. The molecule has 1 aliphatic carbocycles. The molecule has 0 bridgehead atoms. The first-order valence-electron chi connectivity index (χ1n) is 11.2. The third kappa shape index (κ3) is 4.31. The van der Waals surface area contributed by atoms with Crippen LogP contribution >= 0.6 is 11.3 Å². The van der Waals surface area contributed by atoms with E-state index in [9.17, 15) is 13.2 Å². The molecule has 2 aromatic heterocycles. The van der Waals surface area contributed by atoms with Gasteiger partial charge in [-0.25, -0.2) is 9.97 Å². The lowest BCUT2D eigenvalue weighted by Crippen LogP contribution is -2.61. The van der Waals surface area contributed by atoms with Crippen molar-refractivity contribution < 1.29 is 13.2 Å². The van der Waals surface area contributed by atoms with Crippen LogP contribution in [-0.4, -0.2) is 53.8 Å². The van der Waals surface area contributed by atoms with Crippen molar-refractivity contribution in [2.24, 2.45) is 11.3 Å². The fraction of sp³-hybridized carbons (Fsp3) is 0.727. The van der Waals surface area contributed by atoms with Crippen LogP contribution in [0.2, 0.25) is 0 Å². The van der Waals surface area contributed by atoms with Crippen molar-refractivity contribution >= 4 is 27.4 Å². The Morgan fingerprint density at radius 2 is 1.80 bits per heavy atom. The Morgan fingerprint density at radius 1 is 1.07 bits per heavy atom. The molecule has 3 aliphatic rings. The number of fused-ring (bicyclic) bond motifs is 1. The van der Waals surface area contributed by atoms with Gasteiger partial charge < -0.3 is 9.80 Å². The number of hydrogen-bond donors (Lipinski definition) is 0. The Kier molecular flexibility index (Phi) is 5.42. The highest BCUT2D eigenvalue weighted by molar-refractivity contribution is 7.18. The molecule has 30 heavy (non-hydrogen) atoms. The number of halogens is 3. The van der Waals surface area contributed by atoms with Crippen molar-refractivity contribution in [1.82, 2.24) is 14.9 Å². The second kappa shape index (κ2) is 7.93. The molecule has 8 heteroatoms. The van der Waals surface area contributed by atoms with Crippen LogP contribution in [0, 0.1) is 11.3 Å². The molecule has 0 N–H and O–H groups in total. The predicted molar refractivity (Wildman–Crippen MR) is 114 cm³/mol. The number of rotatable bonds is 4. The van der Waals surface area contributed by atoms with E-state index in [1.807, 2.05) is 0 Å². The summed E-state index contributed by atoms with van der Waals surface area (Å²) in [4.78, 5) is 14.5. The monoisotopic (exact) mass is 438 g/mol. The van der Waals surface area contributed by atoms with Gasteiger partial charge in [0.15, 0.2) is 0 Å². The molecule has 5 rings (SSSR count).